The summed E-state index contributed by atoms with van der Waals surface area (Å²) in [4.78, 5) is 5.07. The van der Waals surface area contributed by atoms with Gasteiger partial charge in [-0.2, -0.15) is 11.1 Å². The Hall–Kier alpha value is -2.97. The Morgan fingerprint density at radius 2 is 1.00 bits per heavy atom. The first-order valence-corrected chi connectivity index (χ1v) is 12.4. The van der Waals surface area contributed by atoms with Crippen LogP contribution in [0.15, 0.2) is 42.5 Å². The number of hydrogen-bond donors (Lipinski definition) is 2. The lowest BCUT2D eigenvalue weighted by Crippen LogP contribution is -2.38. The number of anilines is 2. The van der Waals surface area contributed by atoms with E-state index in [2.05, 4.69) is 108 Å². The van der Waals surface area contributed by atoms with Crippen LogP contribution in [-0.2, 0) is 0 Å². The highest BCUT2D eigenvalue weighted by molar-refractivity contribution is 5.62. The van der Waals surface area contributed by atoms with E-state index in [1.807, 2.05) is 34.1 Å². The highest BCUT2D eigenvalue weighted by Gasteiger charge is 2.36. The first-order chi connectivity index (χ1) is 17.1. The highest BCUT2D eigenvalue weighted by Crippen LogP contribution is 2.37. The van der Waals surface area contributed by atoms with E-state index in [4.69, 9.17) is 4.98 Å². The van der Waals surface area contributed by atoms with Gasteiger partial charge in [0, 0.05) is 14.1 Å². The molecule has 186 valence electrons. The number of hydrogen-bond acceptors (Lipinski definition) is 7. The second-order valence-electron chi connectivity index (χ2n) is 10.1. The Balaban J connectivity index is 1.38. The average molecular weight is 482 g/mol. The predicted molar refractivity (Wildman–Crippen MR) is 144 cm³/mol. The van der Waals surface area contributed by atoms with Crippen molar-refractivity contribution in [2.75, 3.05) is 24.1 Å². The SMILES string of the molecule is Cc1cc(C)c(N2[C]C(c3cccc(C4[C]N(c5c(C)cc(C)cc5C)NN4C)n3)N(C)N2)c(C)c1. The van der Waals surface area contributed by atoms with E-state index >= 15 is 0 Å². The number of hydrazine groups is 4. The van der Waals surface area contributed by atoms with Crippen molar-refractivity contribution in [1.29, 1.82) is 0 Å². The number of rotatable bonds is 4. The van der Waals surface area contributed by atoms with Crippen molar-refractivity contribution in [1.82, 2.24) is 26.1 Å². The molecule has 36 heavy (non-hydrogen) atoms. The molecule has 3 aromatic rings. The summed E-state index contributed by atoms with van der Waals surface area (Å²) in [5.74, 6) is 0. The monoisotopic (exact) mass is 481 g/mol. The molecular formula is C29H35N7. The Kier molecular flexibility index (Phi) is 6.51. The molecule has 2 unspecified atom stereocenters. The molecule has 2 aliphatic heterocycles. The minimum Gasteiger partial charge on any atom is -0.281 e. The van der Waals surface area contributed by atoms with E-state index < -0.39 is 0 Å². The van der Waals surface area contributed by atoms with Gasteiger partial charge in [-0.25, -0.2) is 10.0 Å². The maximum atomic E-state index is 5.07. The van der Waals surface area contributed by atoms with Crippen LogP contribution >= 0.6 is 0 Å². The van der Waals surface area contributed by atoms with Crippen molar-refractivity contribution in [3.8, 4) is 0 Å². The minimum absolute atomic E-state index is 0.123. The largest absolute Gasteiger partial charge is 0.281 e. The third kappa shape index (κ3) is 4.48. The van der Waals surface area contributed by atoms with Gasteiger partial charge in [-0.1, -0.05) is 41.5 Å². The molecule has 2 fully saturated rings. The zero-order valence-corrected chi connectivity index (χ0v) is 22.4. The van der Waals surface area contributed by atoms with Crippen LogP contribution in [0.4, 0.5) is 11.4 Å². The van der Waals surface area contributed by atoms with Gasteiger partial charge in [0.1, 0.15) is 13.1 Å². The second-order valence-corrected chi connectivity index (χ2v) is 10.1. The molecular weight excluding hydrogens is 446 g/mol. The van der Waals surface area contributed by atoms with E-state index in [9.17, 15) is 0 Å². The predicted octanol–water partition coefficient (Wildman–Crippen LogP) is 4.84. The quantitative estimate of drug-likeness (QED) is 0.553. The zero-order valence-electron chi connectivity index (χ0n) is 22.4. The number of likely N-dealkylation sites (N-methyl/N-ethyl adjacent to an activating group) is 2. The van der Waals surface area contributed by atoms with Gasteiger partial charge in [-0.3, -0.25) is 15.0 Å². The van der Waals surface area contributed by atoms with Gasteiger partial charge in [0.15, 0.2) is 0 Å². The number of aromatic nitrogens is 1. The van der Waals surface area contributed by atoms with Crippen LogP contribution in [0, 0.1) is 54.6 Å². The zero-order chi connectivity index (χ0) is 25.7. The van der Waals surface area contributed by atoms with Crippen LogP contribution in [-0.4, -0.2) is 29.1 Å². The summed E-state index contributed by atoms with van der Waals surface area (Å²) in [7, 11) is 4.05. The summed E-state index contributed by atoms with van der Waals surface area (Å²) in [6.07, 6.45) is 0. The standard InChI is InChI=1S/C29H35N7/c1-18-12-20(3)28(21(4)13-18)35-16-26(33(7)31-35)24-10-9-11-25(30-24)27-17-36(32-34(27)8)29-22(5)14-19(2)15-23(29)6/h9-15,26-27,31-32H,1-8H3. The number of nitrogens with one attached hydrogen (secondary N) is 2. The molecule has 0 amide bonds. The van der Waals surface area contributed by atoms with Gasteiger partial charge in [0.2, 0.25) is 0 Å². The van der Waals surface area contributed by atoms with E-state index in [1.165, 1.54) is 33.4 Å². The van der Waals surface area contributed by atoms with E-state index in [0.717, 1.165) is 22.8 Å². The third-order valence-electron chi connectivity index (χ3n) is 6.86. The maximum Gasteiger partial charge on any atom is 0.138 e. The smallest absolute Gasteiger partial charge is 0.138 e. The molecule has 2 aromatic carbocycles. The molecule has 2 atom stereocenters. The summed E-state index contributed by atoms with van der Waals surface area (Å²) in [6.45, 7) is 20.0. The molecule has 0 spiro atoms. The molecule has 1 aromatic heterocycles. The molecule has 2 aliphatic rings. The Morgan fingerprint density at radius 1 is 0.639 bits per heavy atom. The molecule has 0 saturated carbocycles. The van der Waals surface area contributed by atoms with Crippen LogP contribution in [0.5, 0.6) is 0 Å². The fraction of sp³-hybridized carbons (Fsp3) is 0.345. The van der Waals surface area contributed by atoms with Crippen molar-refractivity contribution in [3.63, 3.8) is 0 Å². The number of aryl methyl sites for hydroxylation is 6. The lowest BCUT2D eigenvalue weighted by Gasteiger charge is -2.22. The van der Waals surface area contributed by atoms with Crippen molar-refractivity contribution in [2.24, 2.45) is 0 Å². The molecule has 2 saturated heterocycles. The van der Waals surface area contributed by atoms with E-state index in [1.54, 1.807) is 0 Å². The number of pyridine rings is 1. The summed E-state index contributed by atoms with van der Waals surface area (Å²) in [6, 6.07) is 14.8. The van der Waals surface area contributed by atoms with Crippen molar-refractivity contribution < 1.29 is 0 Å². The van der Waals surface area contributed by atoms with Gasteiger partial charge < -0.3 is 0 Å². The van der Waals surface area contributed by atoms with Crippen LogP contribution in [0.25, 0.3) is 0 Å². The van der Waals surface area contributed by atoms with Crippen LogP contribution in [0.1, 0.15) is 56.9 Å². The van der Waals surface area contributed by atoms with Crippen molar-refractivity contribution >= 4 is 11.4 Å². The topological polar surface area (TPSA) is 49.9 Å². The van der Waals surface area contributed by atoms with Gasteiger partial charge in [0.25, 0.3) is 0 Å². The molecule has 3 heterocycles. The molecule has 4 radical (unpaired) electrons. The minimum atomic E-state index is -0.123. The molecule has 5 rings (SSSR count). The molecule has 7 heteroatoms. The molecule has 0 bridgehead atoms. The molecule has 2 N–H and O–H groups in total. The summed E-state index contributed by atoms with van der Waals surface area (Å²) >= 11 is 0. The maximum absolute atomic E-state index is 5.07. The first-order valence-electron chi connectivity index (χ1n) is 12.4. The summed E-state index contributed by atoms with van der Waals surface area (Å²) < 4.78 is 0. The Bertz CT molecular complexity index is 1150. The fourth-order valence-corrected chi connectivity index (χ4v) is 5.49. The first kappa shape index (κ1) is 24.7. The average Bonchev–Trinajstić information content (AvgIpc) is 3.35. The van der Waals surface area contributed by atoms with Gasteiger partial charge in [-0.15, -0.1) is 0 Å². The summed E-state index contributed by atoms with van der Waals surface area (Å²) in [5.41, 5.74) is 18.4. The lowest BCUT2D eigenvalue weighted by atomic mass is 10.0. The number of benzene rings is 2. The normalized spacial score (nSPS) is 21.1. The van der Waals surface area contributed by atoms with E-state index in [0.29, 0.717) is 0 Å². The van der Waals surface area contributed by atoms with Crippen LogP contribution in [0.3, 0.4) is 0 Å². The second kappa shape index (κ2) is 9.48. The highest BCUT2D eigenvalue weighted by atomic mass is 15.8. The van der Waals surface area contributed by atoms with Gasteiger partial charge in [-0.05, 0) is 75.9 Å². The van der Waals surface area contributed by atoms with E-state index in [-0.39, 0.29) is 12.1 Å². The van der Waals surface area contributed by atoms with Gasteiger partial charge >= 0.3 is 0 Å². The number of nitrogens with zero attached hydrogens (tertiary/aromatic N) is 5. The summed E-state index contributed by atoms with van der Waals surface area (Å²) in [5, 5.41) is 8.07. The molecule has 7 nitrogen and oxygen atoms in total. The Labute approximate surface area is 215 Å². The van der Waals surface area contributed by atoms with Crippen LogP contribution in [0.2, 0.25) is 0 Å². The van der Waals surface area contributed by atoms with Gasteiger partial charge in [0.05, 0.1) is 34.8 Å². The van der Waals surface area contributed by atoms with Crippen molar-refractivity contribution in [2.45, 2.75) is 53.6 Å². The fourth-order valence-electron chi connectivity index (χ4n) is 5.49. The van der Waals surface area contributed by atoms with Crippen molar-refractivity contribution in [3.05, 3.63) is 100 Å². The third-order valence-corrected chi connectivity index (χ3v) is 6.86. The lowest BCUT2D eigenvalue weighted by molar-refractivity contribution is 0.232. The molecule has 0 aliphatic carbocycles. The Morgan fingerprint density at radius 3 is 1.36 bits per heavy atom. The van der Waals surface area contributed by atoms with Crippen LogP contribution < -0.4 is 21.1 Å².